The summed E-state index contributed by atoms with van der Waals surface area (Å²) in [7, 11) is 0. The van der Waals surface area contributed by atoms with Gasteiger partial charge in [0.2, 0.25) is 17.8 Å². The molecular weight excluding hydrogens is 546 g/mol. The van der Waals surface area contributed by atoms with Gasteiger partial charge in [0.15, 0.2) is 0 Å². The SMILES string of the molecule is NCCOCCOCCNC(=O)c1ccc(CNc2nc(NCCc3ccccn3)nc(NCc3ccccc3)n2)cc1. The molecule has 0 bridgehead atoms. The summed E-state index contributed by atoms with van der Waals surface area (Å²) in [6.07, 6.45) is 2.52. The van der Waals surface area contributed by atoms with Gasteiger partial charge < -0.3 is 36.5 Å². The van der Waals surface area contributed by atoms with Crippen molar-refractivity contribution in [3.8, 4) is 0 Å². The molecular formula is C31H39N9O3. The van der Waals surface area contributed by atoms with E-state index in [0.29, 0.717) is 82.6 Å². The van der Waals surface area contributed by atoms with Crippen molar-refractivity contribution in [3.05, 3.63) is 101 Å². The normalized spacial score (nSPS) is 10.7. The van der Waals surface area contributed by atoms with Gasteiger partial charge in [-0.15, -0.1) is 0 Å². The van der Waals surface area contributed by atoms with Crippen molar-refractivity contribution >= 4 is 23.8 Å². The van der Waals surface area contributed by atoms with Crippen LogP contribution in [0.2, 0.25) is 0 Å². The van der Waals surface area contributed by atoms with Crippen LogP contribution in [-0.2, 0) is 29.0 Å². The van der Waals surface area contributed by atoms with Gasteiger partial charge in [-0.1, -0.05) is 48.5 Å². The van der Waals surface area contributed by atoms with Crippen LogP contribution in [-0.4, -0.2) is 71.9 Å². The van der Waals surface area contributed by atoms with Crippen molar-refractivity contribution < 1.29 is 14.3 Å². The highest BCUT2D eigenvalue weighted by Crippen LogP contribution is 2.13. The molecule has 4 aromatic rings. The standard InChI is InChI=1S/C31H39N9O3/c32-14-18-42-20-21-43-19-17-34-28(41)26-11-9-25(10-12-26)23-37-31-39-29(35-16-13-27-8-4-5-15-33-27)38-30(40-31)36-22-24-6-2-1-3-7-24/h1-12,15H,13-14,16-23,32H2,(H,34,41)(H3,35,36,37,38,39,40). The van der Waals surface area contributed by atoms with E-state index in [0.717, 1.165) is 23.2 Å². The van der Waals surface area contributed by atoms with Gasteiger partial charge in [0.05, 0.1) is 26.4 Å². The Labute approximate surface area is 251 Å². The Morgan fingerprint density at radius 1 is 0.674 bits per heavy atom. The van der Waals surface area contributed by atoms with Crippen LogP contribution in [0.5, 0.6) is 0 Å². The maximum Gasteiger partial charge on any atom is 0.251 e. The molecule has 12 heteroatoms. The summed E-state index contributed by atoms with van der Waals surface area (Å²) >= 11 is 0. The van der Waals surface area contributed by atoms with Crippen molar-refractivity contribution in [1.29, 1.82) is 0 Å². The number of carbonyl (C=O) groups excluding carboxylic acids is 1. The van der Waals surface area contributed by atoms with E-state index >= 15 is 0 Å². The molecule has 0 fully saturated rings. The number of pyridine rings is 1. The summed E-state index contributed by atoms with van der Waals surface area (Å²) in [6.45, 7) is 4.45. The van der Waals surface area contributed by atoms with Crippen molar-refractivity contribution in [1.82, 2.24) is 25.3 Å². The molecule has 6 N–H and O–H groups in total. The molecule has 1 amide bonds. The summed E-state index contributed by atoms with van der Waals surface area (Å²) in [5.41, 5.74) is 9.02. The van der Waals surface area contributed by atoms with Gasteiger partial charge in [0.1, 0.15) is 0 Å². The van der Waals surface area contributed by atoms with E-state index in [9.17, 15) is 4.79 Å². The first-order valence-electron chi connectivity index (χ1n) is 14.3. The third kappa shape index (κ3) is 11.6. The lowest BCUT2D eigenvalue weighted by molar-refractivity contribution is 0.0511. The monoisotopic (exact) mass is 585 g/mol. The van der Waals surface area contributed by atoms with Gasteiger partial charge in [0, 0.05) is 56.6 Å². The van der Waals surface area contributed by atoms with Crippen molar-refractivity contribution in [2.45, 2.75) is 19.5 Å². The number of nitrogens with one attached hydrogen (secondary N) is 4. The first-order chi connectivity index (χ1) is 21.2. The molecule has 0 aliphatic heterocycles. The predicted octanol–water partition coefficient (Wildman–Crippen LogP) is 2.87. The number of amides is 1. The van der Waals surface area contributed by atoms with Gasteiger partial charge in [-0.2, -0.15) is 15.0 Å². The molecule has 12 nitrogen and oxygen atoms in total. The van der Waals surface area contributed by atoms with Crippen molar-refractivity contribution in [3.63, 3.8) is 0 Å². The molecule has 4 rings (SSSR count). The van der Waals surface area contributed by atoms with Crippen LogP contribution < -0.4 is 27.0 Å². The summed E-state index contributed by atoms with van der Waals surface area (Å²) in [5, 5.41) is 12.7. The topological polar surface area (TPSA) is 161 Å². The van der Waals surface area contributed by atoms with Crippen LogP contribution in [0.1, 0.15) is 27.2 Å². The number of aromatic nitrogens is 4. The molecule has 0 saturated heterocycles. The van der Waals surface area contributed by atoms with E-state index in [1.54, 1.807) is 18.3 Å². The number of benzene rings is 2. The number of nitrogens with two attached hydrogens (primary N) is 1. The van der Waals surface area contributed by atoms with Crippen LogP contribution in [0, 0.1) is 0 Å². The minimum atomic E-state index is -0.157. The lowest BCUT2D eigenvalue weighted by Crippen LogP contribution is -2.27. The van der Waals surface area contributed by atoms with Crippen molar-refractivity contribution in [2.24, 2.45) is 5.73 Å². The number of ether oxygens (including phenoxy) is 2. The zero-order chi connectivity index (χ0) is 30.0. The van der Waals surface area contributed by atoms with E-state index in [1.165, 1.54) is 0 Å². The van der Waals surface area contributed by atoms with Crippen LogP contribution >= 0.6 is 0 Å². The van der Waals surface area contributed by atoms with Crippen molar-refractivity contribution in [2.75, 3.05) is 62.0 Å². The molecule has 2 aromatic heterocycles. The maximum atomic E-state index is 12.5. The Morgan fingerprint density at radius 3 is 1.95 bits per heavy atom. The maximum absolute atomic E-state index is 12.5. The average molecular weight is 586 g/mol. The summed E-state index contributed by atoms with van der Waals surface area (Å²) < 4.78 is 10.7. The Kier molecular flexibility index (Phi) is 13.1. The van der Waals surface area contributed by atoms with Gasteiger partial charge in [-0.05, 0) is 35.4 Å². The number of carbonyl (C=O) groups is 1. The molecule has 226 valence electrons. The van der Waals surface area contributed by atoms with E-state index in [2.05, 4.69) is 41.2 Å². The Morgan fingerprint density at radius 2 is 1.30 bits per heavy atom. The molecule has 0 aliphatic carbocycles. The molecule has 0 saturated carbocycles. The van der Waals surface area contributed by atoms with Gasteiger partial charge in [-0.25, -0.2) is 0 Å². The number of hydrogen-bond donors (Lipinski definition) is 5. The quantitative estimate of drug-likeness (QED) is 0.103. The molecule has 2 aromatic carbocycles. The van der Waals surface area contributed by atoms with Gasteiger partial charge >= 0.3 is 0 Å². The zero-order valence-corrected chi connectivity index (χ0v) is 24.2. The van der Waals surface area contributed by atoms with Crippen LogP contribution in [0.4, 0.5) is 17.8 Å². The highest BCUT2D eigenvalue weighted by Gasteiger charge is 2.09. The lowest BCUT2D eigenvalue weighted by atomic mass is 10.1. The fourth-order valence-electron chi connectivity index (χ4n) is 3.94. The van der Waals surface area contributed by atoms with E-state index in [-0.39, 0.29) is 5.91 Å². The second-order valence-corrected chi connectivity index (χ2v) is 9.46. The number of rotatable bonds is 19. The smallest absolute Gasteiger partial charge is 0.251 e. The van der Waals surface area contributed by atoms with E-state index < -0.39 is 0 Å². The highest BCUT2D eigenvalue weighted by atomic mass is 16.5. The molecule has 0 aliphatic rings. The predicted molar refractivity (Wildman–Crippen MR) is 167 cm³/mol. The molecule has 0 unspecified atom stereocenters. The fraction of sp³-hybridized carbons (Fsp3) is 0.323. The van der Waals surface area contributed by atoms with Crippen LogP contribution in [0.15, 0.2) is 79.0 Å². The van der Waals surface area contributed by atoms with Crippen LogP contribution in [0.25, 0.3) is 0 Å². The van der Waals surface area contributed by atoms with Crippen LogP contribution in [0.3, 0.4) is 0 Å². The molecule has 0 spiro atoms. The average Bonchev–Trinajstić information content (AvgIpc) is 3.05. The molecule has 0 atom stereocenters. The highest BCUT2D eigenvalue weighted by molar-refractivity contribution is 5.94. The minimum Gasteiger partial charge on any atom is -0.378 e. The third-order valence-electron chi connectivity index (χ3n) is 6.15. The van der Waals surface area contributed by atoms with Gasteiger partial charge in [0.25, 0.3) is 5.91 Å². The Balaban J connectivity index is 1.28. The molecule has 43 heavy (non-hydrogen) atoms. The first-order valence-corrected chi connectivity index (χ1v) is 14.3. The number of anilines is 3. The summed E-state index contributed by atoms with van der Waals surface area (Å²) in [5.74, 6) is 1.19. The fourth-order valence-corrected chi connectivity index (χ4v) is 3.94. The lowest BCUT2D eigenvalue weighted by Gasteiger charge is -2.12. The second-order valence-electron chi connectivity index (χ2n) is 9.46. The molecule has 2 heterocycles. The van der Waals surface area contributed by atoms with E-state index in [4.69, 9.17) is 15.2 Å². The Bertz CT molecular complexity index is 1360. The second kappa shape index (κ2) is 18.0. The van der Waals surface area contributed by atoms with E-state index in [1.807, 2.05) is 60.7 Å². The third-order valence-corrected chi connectivity index (χ3v) is 6.15. The summed E-state index contributed by atoms with van der Waals surface area (Å²) in [4.78, 5) is 30.5. The first kappa shape index (κ1) is 31.3. The largest absolute Gasteiger partial charge is 0.378 e. The molecule has 0 radical (unpaired) electrons. The number of hydrogen-bond acceptors (Lipinski definition) is 11. The summed E-state index contributed by atoms with van der Waals surface area (Å²) in [6, 6.07) is 23.3. The Hall–Kier alpha value is -4.65. The number of nitrogens with zero attached hydrogens (tertiary/aromatic N) is 4. The minimum absolute atomic E-state index is 0.157. The zero-order valence-electron chi connectivity index (χ0n) is 24.2. The van der Waals surface area contributed by atoms with Gasteiger partial charge in [-0.3, -0.25) is 9.78 Å².